The molecule has 11 heteroatoms. The number of fused-ring (bicyclic) bond motifs is 1. The number of para-hydroxylation sites is 2. The molecule has 1 saturated heterocycles. The quantitative estimate of drug-likeness (QED) is 0.155. The zero-order chi connectivity index (χ0) is 31.2. The van der Waals surface area contributed by atoms with Crippen molar-refractivity contribution >= 4 is 45.2 Å². The average molecular weight is 629 g/mol. The highest BCUT2D eigenvalue weighted by Crippen LogP contribution is 2.31. The first kappa shape index (κ1) is 30.9. The largest absolute Gasteiger partial charge is 0.434 e. The molecule has 1 unspecified atom stereocenters. The Morgan fingerprint density at radius 3 is 2.51 bits per heavy atom. The van der Waals surface area contributed by atoms with Gasteiger partial charge in [-0.05, 0) is 69.5 Å². The van der Waals surface area contributed by atoms with Gasteiger partial charge < -0.3 is 25.7 Å². The fraction of sp³-hybridized carbons (Fsp3) is 0.441. The number of rotatable bonds is 11. The SMILES string of the molecule is CCCC(NC(=O)C1(NC(=O)c2ccc(-c3csc(NC4CCNCC4)n3)cc2)CCCCC1)C(=O)c1nc2ccccc2o1. The Balaban J connectivity index is 1.14. The second-order valence-electron chi connectivity index (χ2n) is 12.0. The molecule has 2 fully saturated rings. The van der Waals surface area contributed by atoms with E-state index in [1.165, 1.54) is 0 Å². The lowest BCUT2D eigenvalue weighted by Crippen LogP contribution is -2.62. The van der Waals surface area contributed by atoms with Crippen LogP contribution in [-0.2, 0) is 4.79 Å². The number of Topliss-reactive ketones (excluding diaryl/α,β-unsaturated/α-hetero) is 1. The van der Waals surface area contributed by atoms with Crippen molar-refractivity contribution in [1.29, 1.82) is 0 Å². The lowest BCUT2D eigenvalue weighted by molar-refractivity contribution is -0.129. The van der Waals surface area contributed by atoms with E-state index in [0.29, 0.717) is 48.4 Å². The van der Waals surface area contributed by atoms with E-state index in [4.69, 9.17) is 9.40 Å². The van der Waals surface area contributed by atoms with Crippen molar-refractivity contribution < 1.29 is 18.8 Å². The van der Waals surface area contributed by atoms with Gasteiger partial charge in [-0.25, -0.2) is 9.97 Å². The number of aromatic nitrogens is 2. The lowest BCUT2D eigenvalue weighted by atomic mass is 9.80. The highest BCUT2D eigenvalue weighted by atomic mass is 32.1. The van der Waals surface area contributed by atoms with Crippen LogP contribution in [0.4, 0.5) is 5.13 Å². The summed E-state index contributed by atoms with van der Waals surface area (Å²) >= 11 is 1.58. The smallest absolute Gasteiger partial charge is 0.266 e. The number of thiazole rings is 1. The maximum absolute atomic E-state index is 13.9. The molecule has 2 aromatic heterocycles. The molecule has 45 heavy (non-hydrogen) atoms. The van der Waals surface area contributed by atoms with Crippen molar-refractivity contribution in [3.05, 3.63) is 65.4 Å². The zero-order valence-electron chi connectivity index (χ0n) is 25.6. The maximum atomic E-state index is 13.9. The van der Waals surface area contributed by atoms with Gasteiger partial charge in [0.25, 0.3) is 11.8 Å². The van der Waals surface area contributed by atoms with Crippen LogP contribution in [0.15, 0.2) is 58.3 Å². The molecule has 236 valence electrons. The van der Waals surface area contributed by atoms with Gasteiger partial charge in [0.2, 0.25) is 11.7 Å². The van der Waals surface area contributed by atoms with Crippen LogP contribution >= 0.6 is 11.3 Å². The number of carbonyl (C=O) groups excluding carboxylic acids is 3. The number of piperidine rings is 1. The van der Waals surface area contributed by atoms with Crippen LogP contribution in [0.5, 0.6) is 0 Å². The normalized spacial score (nSPS) is 17.4. The first-order chi connectivity index (χ1) is 21.9. The van der Waals surface area contributed by atoms with E-state index in [9.17, 15) is 14.4 Å². The summed E-state index contributed by atoms with van der Waals surface area (Å²) in [6, 6.07) is 14.1. The number of hydrogen-bond donors (Lipinski definition) is 4. The van der Waals surface area contributed by atoms with E-state index < -0.39 is 11.6 Å². The van der Waals surface area contributed by atoms with Gasteiger partial charge in [-0.2, -0.15) is 0 Å². The Morgan fingerprint density at radius 1 is 1.02 bits per heavy atom. The molecule has 3 heterocycles. The Kier molecular flexibility index (Phi) is 9.56. The first-order valence-electron chi connectivity index (χ1n) is 16.0. The number of hydrogen-bond acceptors (Lipinski definition) is 9. The molecule has 10 nitrogen and oxygen atoms in total. The van der Waals surface area contributed by atoms with E-state index in [1.54, 1.807) is 35.6 Å². The summed E-state index contributed by atoms with van der Waals surface area (Å²) in [5.74, 6) is -1.05. The molecule has 2 aliphatic rings. The lowest BCUT2D eigenvalue weighted by Gasteiger charge is -2.37. The molecule has 1 atom stereocenters. The average Bonchev–Trinajstić information content (AvgIpc) is 3.73. The number of benzene rings is 2. The Labute approximate surface area is 266 Å². The van der Waals surface area contributed by atoms with Crippen LogP contribution in [0.2, 0.25) is 0 Å². The zero-order valence-corrected chi connectivity index (χ0v) is 26.4. The number of ketones is 1. The standard InChI is InChI=1S/C34H40N6O4S/c1-2-8-26(29(41)31-37-25-9-4-5-10-28(25)44-31)38-32(43)34(17-6-3-7-18-34)40-30(42)23-13-11-22(12-14-23)27-21-45-33(39-27)36-24-15-19-35-20-16-24/h4-5,9-14,21,24,26,35H,2-3,6-8,15-20H2,1H3,(H,36,39)(H,38,43)(H,40,42). The van der Waals surface area contributed by atoms with Crippen molar-refractivity contribution in [2.45, 2.75) is 82.3 Å². The number of oxazole rings is 1. The number of anilines is 1. The third kappa shape index (κ3) is 7.10. The minimum absolute atomic E-state index is 0.0222. The van der Waals surface area contributed by atoms with Crippen LogP contribution in [0.25, 0.3) is 22.4 Å². The van der Waals surface area contributed by atoms with Gasteiger partial charge in [-0.3, -0.25) is 14.4 Å². The van der Waals surface area contributed by atoms with Gasteiger partial charge in [0.1, 0.15) is 11.1 Å². The number of nitrogens with one attached hydrogen (secondary N) is 4. The topological polar surface area (TPSA) is 138 Å². The highest BCUT2D eigenvalue weighted by molar-refractivity contribution is 7.14. The predicted octanol–water partition coefficient (Wildman–Crippen LogP) is 5.72. The summed E-state index contributed by atoms with van der Waals surface area (Å²) in [6.45, 7) is 3.98. The van der Waals surface area contributed by atoms with Crippen molar-refractivity contribution in [2.75, 3.05) is 18.4 Å². The molecular formula is C34H40N6O4S. The Morgan fingerprint density at radius 2 is 1.78 bits per heavy atom. The van der Waals surface area contributed by atoms with Crippen molar-refractivity contribution in [3.63, 3.8) is 0 Å². The molecule has 6 rings (SSSR count). The van der Waals surface area contributed by atoms with E-state index in [-0.39, 0.29) is 23.5 Å². The Hall–Kier alpha value is -4.09. The molecule has 1 aliphatic heterocycles. The summed E-state index contributed by atoms with van der Waals surface area (Å²) in [4.78, 5) is 50.0. The minimum atomic E-state index is -1.11. The van der Waals surface area contributed by atoms with Crippen LogP contribution in [0, 0.1) is 0 Å². The second kappa shape index (κ2) is 13.9. The van der Waals surface area contributed by atoms with Gasteiger partial charge in [0.05, 0.1) is 11.7 Å². The fourth-order valence-corrected chi connectivity index (χ4v) is 7.04. The predicted molar refractivity (Wildman–Crippen MR) is 176 cm³/mol. The molecule has 0 radical (unpaired) electrons. The van der Waals surface area contributed by atoms with E-state index in [0.717, 1.165) is 61.6 Å². The van der Waals surface area contributed by atoms with E-state index >= 15 is 0 Å². The highest BCUT2D eigenvalue weighted by Gasteiger charge is 2.42. The minimum Gasteiger partial charge on any atom is -0.434 e. The molecule has 2 aromatic carbocycles. The number of nitrogens with zero attached hydrogens (tertiary/aromatic N) is 2. The van der Waals surface area contributed by atoms with Gasteiger partial charge in [-0.15, -0.1) is 11.3 Å². The maximum Gasteiger partial charge on any atom is 0.266 e. The summed E-state index contributed by atoms with van der Waals surface area (Å²) in [7, 11) is 0. The number of amides is 2. The summed E-state index contributed by atoms with van der Waals surface area (Å²) in [5, 5.41) is 15.9. The van der Waals surface area contributed by atoms with E-state index in [1.807, 2.05) is 36.6 Å². The molecule has 1 aliphatic carbocycles. The van der Waals surface area contributed by atoms with Crippen LogP contribution in [0.1, 0.15) is 85.8 Å². The molecule has 0 bridgehead atoms. The van der Waals surface area contributed by atoms with Crippen LogP contribution < -0.4 is 21.3 Å². The molecule has 4 N–H and O–H groups in total. The van der Waals surface area contributed by atoms with Crippen LogP contribution in [-0.4, -0.2) is 58.3 Å². The summed E-state index contributed by atoms with van der Waals surface area (Å²) < 4.78 is 5.72. The van der Waals surface area contributed by atoms with Gasteiger partial charge in [0, 0.05) is 22.5 Å². The van der Waals surface area contributed by atoms with E-state index in [2.05, 4.69) is 26.3 Å². The molecule has 4 aromatic rings. The van der Waals surface area contributed by atoms with Gasteiger partial charge in [-0.1, -0.05) is 56.9 Å². The van der Waals surface area contributed by atoms with Crippen LogP contribution in [0.3, 0.4) is 0 Å². The number of carbonyl (C=O) groups is 3. The monoisotopic (exact) mass is 628 g/mol. The van der Waals surface area contributed by atoms with Gasteiger partial charge >= 0.3 is 0 Å². The summed E-state index contributed by atoms with van der Waals surface area (Å²) in [6.07, 6.45) is 6.87. The van der Waals surface area contributed by atoms with Crippen molar-refractivity contribution in [3.8, 4) is 11.3 Å². The second-order valence-corrected chi connectivity index (χ2v) is 12.9. The van der Waals surface area contributed by atoms with Crippen molar-refractivity contribution in [2.24, 2.45) is 0 Å². The molecule has 0 spiro atoms. The molecule has 1 saturated carbocycles. The van der Waals surface area contributed by atoms with Crippen molar-refractivity contribution in [1.82, 2.24) is 25.9 Å². The summed E-state index contributed by atoms with van der Waals surface area (Å²) in [5.41, 5.74) is 2.25. The third-order valence-electron chi connectivity index (χ3n) is 8.81. The first-order valence-corrected chi connectivity index (χ1v) is 16.9. The fourth-order valence-electron chi connectivity index (χ4n) is 6.24. The molecule has 2 amide bonds. The third-order valence-corrected chi connectivity index (χ3v) is 9.59. The Bertz CT molecular complexity index is 1600. The molecular weight excluding hydrogens is 588 g/mol. The van der Waals surface area contributed by atoms with Gasteiger partial charge in [0.15, 0.2) is 10.7 Å².